The van der Waals surface area contributed by atoms with Crippen LogP contribution in [0.25, 0.3) is 21.1 Å². The minimum Gasteiger partial charge on any atom is -0.365 e. The van der Waals surface area contributed by atoms with Crippen molar-refractivity contribution in [2.45, 2.75) is 19.5 Å². The smallest absolute Gasteiger partial charge is 0.197 e. The zero-order valence-corrected chi connectivity index (χ0v) is 18.4. The van der Waals surface area contributed by atoms with E-state index in [0.717, 1.165) is 36.1 Å². The first kappa shape index (κ1) is 18.7. The van der Waals surface area contributed by atoms with Gasteiger partial charge in [0.2, 0.25) is 0 Å². The maximum atomic E-state index is 12.7. The number of nitrogens with zero attached hydrogens (tertiary/aromatic N) is 3. The van der Waals surface area contributed by atoms with Gasteiger partial charge >= 0.3 is 0 Å². The van der Waals surface area contributed by atoms with Crippen LogP contribution < -0.4 is 0 Å². The van der Waals surface area contributed by atoms with Gasteiger partial charge in [-0.1, -0.05) is 30.3 Å². The van der Waals surface area contributed by atoms with Crippen LogP contribution in [0.1, 0.15) is 37.6 Å². The number of fused-ring (bicyclic) bond motifs is 6. The van der Waals surface area contributed by atoms with Crippen molar-refractivity contribution in [3.63, 3.8) is 0 Å². The standard InChI is InChI=1S/C27H17N3O2S/c31-24-17-4-1-2-5-18(17)25(32)20(24)11-15-7-8-16(10-15)30-13-22-21-12-29-27-19(6-3-9-28-27)26(21)33-23(22)14-30/h1-9,11-12H,10,13-14H2. The molecule has 0 saturated carbocycles. The Morgan fingerprint density at radius 2 is 1.73 bits per heavy atom. The van der Waals surface area contributed by atoms with Crippen molar-refractivity contribution >= 4 is 44.0 Å². The lowest BCUT2D eigenvalue weighted by Gasteiger charge is -2.20. The van der Waals surface area contributed by atoms with E-state index in [0.29, 0.717) is 11.1 Å². The largest absolute Gasteiger partial charge is 0.365 e. The fraction of sp³-hybridized carbons (Fsp3) is 0.111. The predicted octanol–water partition coefficient (Wildman–Crippen LogP) is 5.38. The molecule has 7 rings (SSSR count). The number of benzene rings is 1. The molecule has 4 heterocycles. The molecule has 6 heteroatoms. The number of hydrogen-bond acceptors (Lipinski definition) is 6. The number of carbonyl (C=O) groups excluding carboxylic acids is 2. The molecule has 1 aliphatic heterocycles. The summed E-state index contributed by atoms with van der Waals surface area (Å²) in [5, 5.41) is 2.33. The van der Waals surface area contributed by atoms with E-state index in [4.69, 9.17) is 0 Å². The molecule has 0 amide bonds. The van der Waals surface area contributed by atoms with Gasteiger partial charge in [0, 0.05) is 62.5 Å². The van der Waals surface area contributed by atoms with Gasteiger partial charge in [-0.2, -0.15) is 0 Å². The number of allylic oxidation sites excluding steroid dienone is 5. The van der Waals surface area contributed by atoms with Gasteiger partial charge in [0.15, 0.2) is 17.2 Å². The topological polar surface area (TPSA) is 63.2 Å². The zero-order chi connectivity index (χ0) is 22.1. The molecule has 0 bridgehead atoms. The molecule has 2 aliphatic carbocycles. The molecule has 33 heavy (non-hydrogen) atoms. The Kier molecular flexibility index (Phi) is 3.84. The monoisotopic (exact) mass is 447 g/mol. The molecule has 0 spiro atoms. The molecule has 0 radical (unpaired) electrons. The molecule has 158 valence electrons. The summed E-state index contributed by atoms with van der Waals surface area (Å²) in [7, 11) is 0. The highest BCUT2D eigenvalue weighted by Gasteiger charge is 2.33. The van der Waals surface area contributed by atoms with Gasteiger partial charge in [-0.15, -0.1) is 11.3 Å². The maximum absolute atomic E-state index is 12.7. The fourth-order valence-corrected chi connectivity index (χ4v) is 6.35. The lowest BCUT2D eigenvalue weighted by molar-refractivity contribution is 0.0988. The Hall–Kier alpha value is -3.90. The minimum absolute atomic E-state index is 0.172. The summed E-state index contributed by atoms with van der Waals surface area (Å²) in [6.07, 6.45) is 10.4. The van der Waals surface area contributed by atoms with E-state index in [2.05, 4.69) is 27.0 Å². The molecule has 0 saturated heterocycles. The van der Waals surface area contributed by atoms with Gasteiger partial charge in [0.1, 0.15) is 0 Å². The molecule has 0 N–H and O–H groups in total. The highest BCUT2D eigenvalue weighted by molar-refractivity contribution is 7.20. The van der Waals surface area contributed by atoms with Crippen molar-refractivity contribution in [1.29, 1.82) is 0 Å². The van der Waals surface area contributed by atoms with Crippen LogP contribution in [0.5, 0.6) is 0 Å². The molecular formula is C27H17N3O2S. The van der Waals surface area contributed by atoms with Gasteiger partial charge in [0.25, 0.3) is 0 Å². The Morgan fingerprint density at radius 1 is 0.909 bits per heavy atom. The van der Waals surface area contributed by atoms with Crippen molar-refractivity contribution in [2.75, 3.05) is 0 Å². The first-order chi connectivity index (χ1) is 16.2. The van der Waals surface area contributed by atoms with Crippen molar-refractivity contribution in [1.82, 2.24) is 14.9 Å². The molecule has 4 aromatic rings. The average Bonchev–Trinajstić information content (AvgIpc) is 3.59. The van der Waals surface area contributed by atoms with Gasteiger partial charge in [-0.3, -0.25) is 9.59 Å². The van der Waals surface area contributed by atoms with E-state index in [-0.39, 0.29) is 17.1 Å². The maximum Gasteiger partial charge on any atom is 0.197 e. The number of hydrogen-bond donors (Lipinski definition) is 0. The number of aromatic nitrogens is 2. The average molecular weight is 448 g/mol. The van der Waals surface area contributed by atoms with Crippen molar-refractivity contribution in [3.8, 4) is 0 Å². The molecule has 0 atom stereocenters. The van der Waals surface area contributed by atoms with E-state index < -0.39 is 0 Å². The molecule has 0 unspecified atom stereocenters. The van der Waals surface area contributed by atoms with Crippen molar-refractivity contribution in [3.05, 3.63) is 105 Å². The highest BCUT2D eigenvalue weighted by atomic mass is 32.1. The third-order valence-corrected chi connectivity index (χ3v) is 7.94. The van der Waals surface area contributed by atoms with Crippen LogP contribution in [-0.2, 0) is 13.1 Å². The van der Waals surface area contributed by atoms with Gasteiger partial charge in [-0.05, 0) is 35.4 Å². The Bertz CT molecular complexity index is 1600. The minimum atomic E-state index is -0.172. The van der Waals surface area contributed by atoms with Gasteiger partial charge < -0.3 is 4.90 Å². The van der Waals surface area contributed by atoms with Gasteiger partial charge in [-0.25, -0.2) is 9.97 Å². The summed E-state index contributed by atoms with van der Waals surface area (Å²) in [4.78, 5) is 38.1. The first-order valence-electron chi connectivity index (χ1n) is 10.9. The van der Waals surface area contributed by atoms with E-state index in [1.165, 1.54) is 26.2 Å². The quantitative estimate of drug-likeness (QED) is 0.305. The molecule has 3 aromatic heterocycles. The van der Waals surface area contributed by atoms with E-state index in [9.17, 15) is 9.59 Å². The van der Waals surface area contributed by atoms with Crippen LogP contribution in [0.4, 0.5) is 0 Å². The normalized spacial score (nSPS) is 17.1. The van der Waals surface area contributed by atoms with E-state index >= 15 is 0 Å². The molecular weight excluding hydrogens is 430 g/mol. The van der Waals surface area contributed by atoms with Crippen LogP contribution in [0.3, 0.4) is 0 Å². The first-order valence-corrected chi connectivity index (χ1v) is 11.7. The second kappa shape index (κ2) is 6.80. The summed E-state index contributed by atoms with van der Waals surface area (Å²) in [6.45, 7) is 1.71. The number of thiophene rings is 1. The van der Waals surface area contributed by atoms with E-state index in [1.54, 1.807) is 36.5 Å². The van der Waals surface area contributed by atoms with E-state index in [1.807, 2.05) is 29.7 Å². The lowest BCUT2D eigenvalue weighted by Crippen LogP contribution is -2.15. The Balaban J connectivity index is 1.12. The number of rotatable bonds is 2. The lowest BCUT2D eigenvalue weighted by atomic mass is 10.1. The highest BCUT2D eigenvalue weighted by Crippen LogP contribution is 2.42. The van der Waals surface area contributed by atoms with Crippen LogP contribution in [0.15, 0.2) is 83.9 Å². The second-order valence-corrected chi connectivity index (χ2v) is 9.68. The molecule has 3 aliphatic rings. The predicted molar refractivity (Wildman–Crippen MR) is 128 cm³/mol. The summed E-state index contributed by atoms with van der Waals surface area (Å²) < 4.78 is 1.26. The van der Waals surface area contributed by atoms with Crippen molar-refractivity contribution in [2.24, 2.45) is 0 Å². The summed E-state index contributed by atoms with van der Waals surface area (Å²) in [5.41, 5.74) is 5.63. The summed E-state index contributed by atoms with van der Waals surface area (Å²) in [5.74, 6) is -0.344. The third kappa shape index (κ3) is 2.71. The third-order valence-electron chi connectivity index (χ3n) is 6.68. The number of carbonyl (C=O) groups is 2. The Labute approximate surface area is 193 Å². The second-order valence-electron chi connectivity index (χ2n) is 8.57. The van der Waals surface area contributed by atoms with Crippen LogP contribution in [0.2, 0.25) is 0 Å². The molecule has 1 aromatic carbocycles. The van der Waals surface area contributed by atoms with Crippen LogP contribution in [0, 0.1) is 0 Å². The molecule has 0 fully saturated rings. The van der Waals surface area contributed by atoms with Crippen LogP contribution >= 0.6 is 11.3 Å². The molecule has 5 nitrogen and oxygen atoms in total. The number of ketones is 2. The van der Waals surface area contributed by atoms with Crippen LogP contribution in [-0.4, -0.2) is 26.4 Å². The van der Waals surface area contributed by atoms with Gasteiger partial charge in [0.05, 0.1) is 12.1 Å². The summed E-state index contributed by atoms with van der Waals surface area (Å²) >= 11 is 1.83. The number of pyridine rings is 2. The SMILES string of the molecule is O=C1C(=CC2=CC=C(N3Cc4sc5c(cnc6ncccc65)c4C3)C2)C(=O)c2ccccc21. The fourth-order valence-electron chi connectivity index (χ4n) is 5.03. The van der Waals surface area contributed by atoms with Crippen molar-refractivity contribution < 1.29 is 9.59 Å². The zero-order valence-electron chi connectivity index (χ0n) is 17.5. The Morgan fingerprint density at radius 3 is 2.55 bits per heavy atom. The number of Topliss-reactive ketones (excluding diaryl/α,β-unsaturated/α-hetero) is 2. The summed E-state index contributed by atoms with van der Waals surface area (Å²) in [6, 6.07) is 11.1.